The van der Waals surface area contributed by atoms with E-state index in [2.05, 4.69) is 4.90 Å². The smallest absolute Gasteiger partial charge is 0.256 e. The topological polar surface area (TPSA) is 17.4 Å². The van der Waals surface area contributed by atoms with Crippen LogP contribution in [0.3, 0.4) is 0 Å². The minimum Gasteiger partial charge on any atom is -0.488 e. The van der Waals surface area contributed by atoms with Crippen LogP contribution in [-0.4, -0.2) is 36.5 Å². The molecule has 0 amide bonds. The Morgan fingerprint density at radius 1 is 1.04 bits per heavy atom. The normalized spacial score (nSPS) is 11.6. The van der Waals surface area contributed by atoms with Gasteiger partial charge in [-0.15, -0.1) is 0 Å². The van der Waals surface area contributed by atoms with E-state index >= 15 is 0 Å². The fourth-order valence-electron chi connectivity index (χ4n) is 3.09. The van der Waals surface area contributed by atoms with E-state index in [0.29, 0.717) is 6.61 Å². The van der Waals surface area contributed by atoms with Crippen molar-refractivity contribution in [2.75, 3.05) is 20.6 Å². The maximum absolute atomic E-state index is 13.0. The third kappa shape index (κ3) is 4.41. The highest BCUT2D eigenvalue weighted by Crippen LogP contribution is 2.32. The maximum Gasteiger partial charge on any atom is 0.256 e. The summed E-state index contributed by atoms with van der Waals surface area (Å²) in [7, 11) is 4.01. The molecule has 0 aliphatic heterocycles. The van der Waals surface area contributed by atoms with Crippen LogP contribution in [0.2, 0.25) is 0 Å². The van der Waals surface area contributed by atoms with E-state index in [9.17, 15) is 8.78 Å². The highest BCUT2D eigenvalue weighted by atomic mass is 19.3. The largest absolute Gasteiger partial charge is 0.488 e. The van der Waals surface area contributed by atoms with Crippen molar-refractivity contribution in [2.45, 2.75) is 26.0 Å². The fourth-order valence-corrected chi connectivity index (χ4v) is 3.09. The van der Waals surface area contributed by atoms with Crippen molar-refractivity contribution in [1.29, 1.82) is 0 Å². The first-order valence-corrected chi connectivity index (χ1v) is 8.75. The summed E-state index contributed by atoms with van der Waals surface area (Å²) >= 11 is 0. The number of nitrogens with zero attached hydrogens (tertiary/aromatic N) is 2. The van der Waals surface area contributed by atoms with Crippen LogP contribution in [0.15, 0.2) is 54.7 Å². The zero-order valence-electron chi connectivity index (χ0n) is 15.2. The summed E-state index contributed by atoms with van der Waals surface area (Å²) in [5.74, 6) is 0.744. The predicted octanol–water partition coefficient (Wildman–Crippen LogP) is 4.59. The quantitative estimate of drug-likeness (QED) is 0.586. The number of halogens is 2. The molecular weight excluding hydrogens is 334 g/mol. The second kappa shape index (κ2) is 8.32. The molecule has 1 heterocycles. The first-order valence-electron chi connectivity index (χ1n) is 8.75. The lowest BCUT2D eigenvalue weighted by molar-refractivity contribution is 0.128. The molecule has 0 saturated heterocycles. The van der Waals surface area contributed by atoms with Crippen molar-refractivity contribution in [3.8, 4) is 5.75 Å². The Bertz CT molecular complexity index is 844. The van der Waals surface area contributed by atoms with Crippen molar-refractivity contribution >= 4 is 10.9 Å². The van der Waals surface area contributed by atoms with Gasteiger partial charge in [0, 0.05) is 18.1 Å². The van der Waals surface area contributed by atoms with Crippen LogP contribution in [0.4, 0.5) is 8.78 Å². The van der Waals surface area contributed by atoms with Gasteiger partial charge < -0.3 is 14.2 Å². The lowest BCUT2D eigenvalue weighted by Crippen LogP contribution is -2.15. The average molecular weight is 358 g/mol. The first-order chi connectivity index (χ1) is 12.5. The molecule has 0 bridgehead atoms. The van der Waals surface area contributed by atoms with Gasteiger partial charge in [-0.2, -0.15) is 0 Å². The number of ether oxygens (including phenoxy) is 1. The Kier molecular flexibility index (Phi) is 5.89. The van der Waals surface area contributed by atoms with E-state index in [4.69, 9.17) is 4.74 Å². The Balaban J connectivity index is 1.95. The van der Waals surface area contributed by atoms with Gasteiger partial charge >= 0.3 is 0 Å². The molecular formula is C21H24F2N2O. The summed E-state index contributed by atoms with van der Waals surface area (Å²) < 4.78 is 33.7. The van der Waals surface area contributed by atoms with Crippen molar-refractivity contribution in [1.82, 2.24) is 9.47 Å². The van der Waals surface area contributed by atoms with Crippen molar-refractivity contribution in [3.05, 3.63) is 65.9 Å². The molecule has 0 aliphatic rings. The van der Waals surface area contributed by atoms with E-state index < -0.39 is 6.43 Å². The summed E-state index contributed by atoms with van der Waals surface area (Å²) in [6, 6.07) is 15.6. The molecule has 3 rings (SSSR count). The molecule has 3 nitrogen and oxygen atoms in total. The molecule has 2 aromatic carbocycles. The molecule has 138 valence electrons. The van der Waals surface area contributed by atoms with Crippen molar-refractivity contribution in [2.24, 2.45) is 0 Å². The van der Waals surface area contributed by atoms with Gasteiger partial charge in [-0.25, -0.2) is 8.78 Å². The number of aromatic nitrogens is 1. The van der Waals surface area contributed by atoms with Gasteiger partial charge in [-0.3, -0.25) is 0 Å². The number of hydrogen-bond donors (Lipinski definition) is 0. The third-order valence-corrected chi connectivity index (χ3v) is 4.35. The number of benzene rings is 2. The number of hydrogen-bond acceptors (Lipinski definition) is 2. The van der Waals surface area contributed by atoms with E-state index in [-0.39, 0.29) is 6.54 Å². The standard InChI is InChI=1S/C21H24F2N2O/c1-24(2)12-11-17-13-25(14-20(22)23)18-9-6-10-19(21(17)18)26-15-16-7-4-3-5-8-16/h3-10,13,20H,11-12,14-15H2,1-2H3. The monoisotopic (exact) mass is 358 g/mol. The molecule has 0 unspecified atom stereocenters. The van der Waals surface area contributed by atoms with Gasteiger partial charge in [0.15, 0.2) is 0 Å². The third-order valence-electron chi connectivity index (χ3n) is 4.35. The molecule has 26 heavy (non-hydrogen) atoms. The minimum atomic E-state index is -2.39. The highest BCUT2D eigenvalue weighted by molar-refractivity contribution is 5.90. The van der Waals surface area contributed by atoms with Gasteiger partial charge in [0.2, 0.25) is 0 Å². The van der Waals surface area contributed by atoms with E-state index in [1.165, 1.54) is 0 Å². The van der Waals surface area contributed by atoms with Gasteiger partial charge in [0.05, 0.1) is 12.1 Å². The lowest BCUT2D eigenvalue weighted by Gasteiger charge is -2.11. The van der Waals surface area contributed by atoms with Crippen molar-refractivity contribution < 1.29 is 13.5 Å². The zero-order chi connectivity index (χ0) is 18.5. The van der Waals surface area contributed by atoms with Gasteiger partial charge in [0.25, 0.3) is 6.43 Å². The molecule has 0 spiro atoms. The fraction of sp³-hybridized carbons (Fsp3) is 0.333. The second-order valence-electron chi connectivity index (χ2n) is 6.68. The summed E-state index contributed by atoms with van der Waals surface area (Å²) in [6.45, 7) is 0.995. The lowest BCUT2D eigenvalue weighted by atomic mass is 10.1. The van der Waals surface area contributed by atoms with Crippen LogP contribution in [0.25, 0.3) is 10.9 Å². The maximum atomic E-state index is 13.0. The molecule has 1 aromatic heterocycles. The van der Waals surface area contributed by atoms with Gasteiger partial charge in [-0.05, 0) is 43.8 Å². The van der Waals surface area contributed by atoms with Gasteiger partial charge in [-0.1, -0.05) is 36.4 Å². The van der Waals surface area contributed by atoms with E-state index in [0.717, 1.165) is 40.7 Å². The average Bonchev–Trinajstić information content (AvgIpc) is 2.97. The number of fused-ring (bicyclic) bond motifs is 1. The van der Waals surface area contributed by atoms with Crippen LogP contribution < -0.4 is 4.74 Å². The van der Waals surface area contributed by atoms with Crippen LogP contribution in [-0.2, 0) is 19.6 Å². The van der Waals surface area contributed by atoms with Gasteiger partial charge in [0.1, 0.15) is 12.4 Å². The van der Waals surface area contributed by atoms with Crippen LogP contribution in [0, 0.1) is 0 Å². The Labute approximate surface area is 152 Å². The number of likely N-dealkylation sites (N-methyl/N-ethyl adjacent to an activating group) is 1. The Morgan fingerprint density at radius 2 is 1.81 bits per heavy atom. The summed E-state index contributed by atoms with van der Waals surface area (Å²) in [5, 5.41) is 0.936. The summed E-state index contributed by atoms with van der Waals surface area (Å²) in [4.78, 5) is 2.09. The molecule has 0 fully saturated rings. The summed E-state index contributed by atoms with van der Waals surface area (Å²) in [6.07, 6.45) is 0.238. The predicted molar refractivity (Wildman–Crippen MR) is 101 cm³/mol. The summed E-state index contributed by atoms with van der Waals surface area (Å²) in [5.41, 5.74) is 2.91. The Morgan fingerprint density at radius 3 is 2.50 bits per heavy atom. The molecule has 0 radical (unpaired) electrons. The Hall–Kier alpha value is -2.40. The first kappa shape index (κ1) is 18.4. The van der Waals surface area contributed by atoms with Crippen LogP contribution in [0.1, 0.15) is 11.1 Å². The van der Waals surface area contributed by atoms with Crippen LogP contribution >= 0.6 is 0 Å². The minimum absolute atomic E-state index is 0.305. The molecule has 5 heteroatoms. The second-order valence-corrected chi connectivity index (χ2v) is 6.68. The number of rotatable bonds is 8. The molecule has 0 N–H and O–H groups in total. The number of alkyl halides is 2. The SMILES string of the molecule is CN(C)CCc1cn(CC(F)F)c2cccc(OCc3ccccc3)c12. The van der Waals surface area contributed by atoms with E-state index in [1.807, 2.05) is 68.8 Å². The molecule has 0 aliphatic carbocycles. The van der Waals surface area contributed by atoms with Crippen LogP contribution in [0.5, 0.6) is 5.75 Å². The highest BCUT2D eigenvalue weighted by Gasteiger charge is 2.16. The molecule has 0 saturated carbocycles. The molecule has 3 aromatic rings. The van der Waals surface area contributed by atoms with Crippen molar-refractivity contribution in [3.63, 3.8) is 0 Å². The van der Waals surface area contributed by atoms with E-state index in [1.54, 1.807) is 4.57 Å². The zero-order valence-corrected chi connectivity index (χ0v) is 15.2. The molecule has 0 atom stereocenters.